The van der Waals surface area contributed by atoms with Crippen LogP contribution in [0.2, 0.25) is 5.02 Å². The number of hydrogen-bond acceptors (Lipinski definition) is 3. The molecule has 2 rings (SSSR count). The quantitative estimate of drug-likeness (QED) is 0.809. The summed E-state index contributed by atoms with van der Waals surface area (Å²) in [6.45, 7) is 2.12. The molecule has 1 aromatic carbocycles. The molecule has 134 valence electrons. The van der Waals surface area contributed by atoms with Gasteiger partial charge in [-0.05, 0) is 18.2 Å². The van der Waals surface area contributed by atoms with Crippen LogP contribution < -0.4 is 10.2 Å². The van der Waals surface area contributed by atoms with Crippen molar-refractivity contribution in [2.75, 3.05) is 11.5 Å². The van der Waals surface area contributed by atoms with Crippen LogP contribution in [0.1, 0.15) is 20.3 Å². The van der Waals surface area contributed by atoms with Gasteiger partial charge >= 0.3 is 6.18 Å². The van der Waals surface area contributed by atoms with E-state index in [9.17, 15) is 22.4 Å². The van der Waals surface area contributed by atoms with E-state index < -0.39 is 36.8 Å². The topological polar surface area (TPSA) is 41.6 Å². The number of benzene rings is 1. The van der Waals surface area contributed by atoms with Gasteiger partial charge in [-0.2, -0.15) is 13.2 Å². The van der Waals surface area contributed by atoms with Crippen molar-refractivity contribution in [3.63, 3.8) is 0 Å². The van der Waals surface area contributed by atoms with E-state index in [0.717, 1.165) is 11.0 Å². The first-order chi connectivity index (χ1) is 11.1. The lowest BCUT2D eigenvalue weighted by molar-refractivity contribution is -0.186. The third kappa shape index (κ3) is 4.58. The van der Waals surface area contributed by atoms with Crippen molar-refractivity contribution >= 4 is 23.2 Å². The van der Waals surface area contributed by atoms with E-state index in [0.29, 0.717) is 0 Å². The Hall–Kier alpha value is -1.38. The first-order valence-electron chi connectivity index (χ1n) is 7.30. The summed E-state index contributed by atoms with van der Waals surface area (Å²) in [5, 5.41) is 2.80. The molecule has 0 aliphatic carbocycles. The van der Waals surface area contributed by atoms with Gasteiger partial charge in [-0.25, -0.2) is 4.39 Å². The Morgan fingerprint density at radius 2 is 2.08 bits per heavy atom. The number of anilines is 1. The first kappa shape index (κ1) is 19.0. The molecule has 9 heteroatoms. The van der Waals surface area contributed by atoms with Gasteiger partial charge in [0.15, 0.2) is 6.23 Å². The zero-order chi connectivity index (χ0) is 18.1. The fourth-order valence-corrected chi connectivity index (χ4v) is 2.75. The predicted octanol–water partition coefficient (Wildman–Crippen LogP) is 3.49. The van der Waals surface area contributed by atoms with Gasteiger partial charge in [-0.1, -0.05) is 25.4 Å². The van der Waals surface area contributed by atoms with Gasteiger partial charge in [-0.3, -0.25) is 9.69 Å². The van der Waals surface area contributed by atoms with Crippen molar-refractivity contribution in [3.8, 4) is 0 Å². The minimum absolute atomic E-state index is 0.0320. The molecule has 1 amide bonds. The minimum Gasteiger partial charge on any atom is -0.347 e. The molecule has 0 spiro atoms. The van der Waals surface area contributed by atoms with Gasteiger partial charge in [-0.15, -0.1) is 0 Å². The van der Waals surface area contributed by atoms with Crippen molar-refractivity contribution in [2.45, 2.75) is 44.8 Å². The number of nitrogens with one attached hydrogen (secondary N) is 1. The lowest BCUT2D eigenvalue weighted by Crippen LogP contribution is -2.48. The maximum Gasteiger partial charge on any atom is 0.411 e. The molecule has 0 aromatic heterocycles. The molecule has 0 bridgehead atoms. The molecule has 2 atom stereocenters. The Kier molecular flexibility index (Phi) is 5.72. The zero-order valence-corrected chi connectivity index (χ0v) is 13.8. The molecule has 1 aliphatic rings. The maximum absolute atomic E-state index is 13.3. The lowest BCUT2D eigenvalue weighted by atomic mass is 10.2. The lowest BCUT2D eigenvalue weighted by Gasteiger charge is -2.30. The smallest absolute Gasteiger partial charge is 0.347 e. The van der Waals surface area contributed by atoms with Crippen molar-refractivity contribution in [1.29, 1.82) is 0 Å². The number of nitrogens with zero attached hydrogens (tertiary/aromatic N) is 1. The van der Waals surface area contributed by atoms with E-state index in [1.807, 2.05) is 13.8 Å². The van der Waals surface area contributed by atoms with Crippen LogP contribution in [0.15, 0.2) is 18.2 Å². The van der Waals surface area contributed by atoms with E-state index in [4.69, 9.17) is 16.3 Å². The molecular formula is C15H17ClF4N2O2. The molecule has 2 unspecified atom stereocenters. The van der Waals surface area contributed by atoms with Crippen LogP contribution in [0.5, 0.6) is 0 Å². The Morgan fingerprint density at radius 3 is 2.62 bits per heavy atom. The highest BCUT2D eigenvalue weighted by Gasteiger charge is 2.43. The van der Waals surface area contributed by atoms with Crippen molar-refractivity contribution in [1.82, 2.24) is 5.32 Å². The minimum atomic E-state index is -4.53. The molecule has 0 radical (unpaired) electrons. The number of carbonyl (C=O) groups is 1. The van der Waals surface area contributed by atoms with Gasteiger partial charge < -0.3 is 10.1 Å². The summed E-state index contributed by atoms with van der Waals surface area (Å²) in [7, 11) is 0. The molecule has 1 N–H and O–H groups in total. The van der Waals surface area contributed by atoms with Crippen molar-refractivity contribution < 1.29 is 27.1 Å². The highest BCUT2D eigenvalue weighted by atomic mass is 35.5. The summed E-state index contributed by atoms with van der Waals surface area (Å²) in [6, 6.07) is 2.84. The second-order valence-corrected chi connectivity index (χ2v) is 6.22. The average Bonchev–Trinajstić information content (AvgIpc) is 2.74. The molecule has 0 saturated carbocycles. The van der Waals surface area contributed by atoms with Gasteiger partial charge in [0.1, 0.15) is 12.4 Å². The van der Waals surface area contributed by atoms with E-state index in [-0.39, 0.29) is 23.2 Å². The van der Waals surface area contributed by atoms with E-state index >= 15 is 0 Å². The highest BCUT2D eigenvalue weighted by Crippen LogP contribution is 2.32. The van der Waals surface area contributed by atoms with Crippen LogP contribution in [0.4, 0.5) is 23.2 Å². The monoisotopic (exact) mass is 368 g/mol. The number of amides is 1. The van der Waals surface area contributed by atoms with Crippen LogP contribution in [0.25, 0.3) is 0 Å². The molecule has 1 fully saturated rings. The van der Waals surface area contributed by atoms with Gasteiger partial charge in [0, 0.05) is 18.2 Å². The van der Waals surface area contributed by atoms with Crippen LogP contribution in [0, 0.1) is 5.82 Å². The number of carbonyl (C=O) groups excluding carboxylic acids is 1. The van der Waals surface area contributed by atoms with Crippen LogP contribution in [-0.2, 0) is 9.53 Å². The second-order valence-electron chi connectivity index (χ2n) is 5.81. The predicted molar refractivity (Wildman–Crippen MR) is 81.4 cm³/mol. The second kappa shape index (κ2) is 7.25. The summed E-state index contributed by atoms with van der Waals surface area (Å²) in [5.74, 6) is -1.11. The van der Waals surface area contributed by atoms with Crippen LogP contribution >= 0.6 is 11.6 Å². The summed E-state index contributed by atoms with van der Waals surface area (Å²) >= 11 is 5.71. The summed E-state index contributed by atoms with van der Waals surface area (Å²) in [5.41, 5.74) is 0.187. The number of rotatable bonds is 5. The van der Waals surface area contributed by atoms with Crippen molar-refractivity contribution in [2.24, 2.45) is 0 Å². The highest BCUT2D eigenvalue weighted by molar-refractivity contribution is 6.31. The average molecular weight is 369 g/mol. The standard InChI is InChI=1S/C15H17ClF4N2O2/c1-8(2)21-12-6-13(23)22(14(12)24-7-15(18,19)20)9-3-4-11(17)10(16)5-9/h3-5,8,12,14,21H,6-7H2,1-2H3. The molecule has 1 aromatic rings. The number of hydrogen-bond donors (Lipinski definition) is 1. The number of ether oxygens (including phenoxy) is 1. The van der Waals surface area contributed by atoms with Gasteiger partial charge in [0.2, 0.25) is 5.91 Å². The van der Waals surface area contributed by atoms with Crippen LogP contribution in [-0.4, -0.2) is 37.0 Å². The molecule has 1 heterocycles. The van der Waals surface area contributed by atoms with Crippen molar-refractivity contribution in [3.05, 3.63) is 29.0 Å². The first-order valence-corrected chi connectivity index (χ1v) is 7.68. The van der Waals surface area contributed by atoms with Gasteiger partial charge in [0.25, 0.3) is 0 Å². The summed E-state index contributed by atoms with van der Waals surface area (Å²) in [6.07, 6.45) is -5.72. The number of halogens is 5. The molecule has 1 saturated heterocycles. The van der Waals surface area contributed by atoms with E-state index in [1.54, 1.807) is 0 Å². The largest absolute Gasteiger partial charge is 0.411 e. The molecule has 4 nitrogen and oxygen atoms in total. The van der Waals surface area contributed by atoms with Crippen LogP contribution in [0.3, 0.4) is 0 Å². The molecule has 24 heavy (non-hydrogen) atoms. The zero-order valence-electron chi connectivity index (χ0n) is 13.0. The Labute approximate surface area is 141 Å². The summed E-state index contributed by atoms with van der Waals surface area (Å²) in [4.78, 5) is 13.4. The maximum atomic E-state index is 13.3. The number of alkyl halides is 3. The molecule has 1 aliphatic heterocycles. The Balaban J connectivity index is 2.30. The van der Waals surface area contributed by atoms with Gasteiger partial charge in [0.05, 0.1) is 11.1 Å². The molecular weight excluding hydrogens is 352 g/mol. The Morgan fingerprint density at radius 1 is 1.42 bits per heavy atom. The summed E-state index contributed by atoms with van der Waals surface area (Å²) < 4.78 is 55.8. The van der Waals surface area contributed by atoms with E-state index in [2.05, 4.69) is 5.32 Å². The Bertz CT molecular complexity index is 610. The fourth-order valence-electron chi connectivity index (χ4n) is 2.57. The van der Waals surface area contributed by atoms with E-state index in [1.165, 1.54) is 12.1 Å². The third-order valence-corrected chi connectivity index (χ3v) is 3.70. The normalized spacial score (nSPS) is 21.8. The fraction of sp³-hybridized carbons (Fsp3) is 0.533. The third-order valence-electron chi connectivity index (χ3n) is 3.41. The SMILES string of the molecule is CC(C)NC1CC(=O)N(c2ccc(F)c(Cl)c2)C1OCC(F)(F)F.